The number of rotatable bonds is 6. The van der Waals surface area contributed by atoms with Crippen molar-refractivity contribution in [1.29, 1.82) is 0 Å². The molecule has 0 heterocycles. The van der Waals surface area contributed by atoms with Crippen molar-refractivity contribution in [3.8, 4) is 0 Å². The van der Waals surface area contributed by atoms with E-state index in [1.165, 1.54) is 6.92 Å². The minimum Gasteiger partial charge on any atom is -0.350 e. The molecule has 2 aromatic carbocycles. The van der Waals surface area contributed by atoms with E-state index in [4.69, 9.17) is 11.6 Å². The van der Waals surface area contributed by atoms with E-state index in [1.807, 2.05) is 56.3 Å². The number of hydrogen-bond donors (Lipinski definition) is 2. The van der Waals surface area contributed by atoms with Crippen LogP contribution in [-0.4, -0.2) is 11.8 Å². The third-order valence-electron chi connectivity index (χ3n) is 3.97. The van der Waals surface area contributed by atoms with Crippen LogP contribution in [0.5, 0.6) is 0 Å². The van der Waals surface area contributed by atoms with Gasteiger partial charge in [0, 0.05) is 11.9 Å². The minimum atomic E-state index is -0.357. The van der Waals surface area contributed by atoms with Gasteiger partial charge in [-0.25, -0.2) is 0 Å². The highest BCUT2D eigenvalue weighted by atomic mass is 35.5. The van der Waals surface area contributed by atoms with Gasteiger partial charge >= 0.3 is 0 Å². The first-order valence-corrected chi connectivity index (χ1v) is 8.61. The van der Waals surface area contributed by atoms with Gasteiger partial charge in [0.1, 0.15) is 0 Å². The quantitative estimate of drug-likeness (QED) is 0.817. The summed E-state index contributed by atoms with van der Waals surface area (Å²) in [5.41, 5.74) is 2.97. The van der Waals surface area contributed by atoms with Crippen LogP contribution >= 0.6 is 11.6 Å². The number of hydrogen-bond acceptors (Lipinski definition) is 2. The maximum atomic E-state index is 12.4. The maximum absolute atomic E-state index is 12.4. The molecule has 2 aromatic rings. The Morgan fingerprint density at radius 2 is 1.72 bits per heavy atom. The maximum Gasteiger partial charge on any atom is 0.222 e. The van der Waals surface area contributed by atoms with Crippen molar-refractivity contribution in [1.82, 2.24) is 10.6 Å². The molecule has 4 nitrogen and oxygen atoms in total. The zero-order valence-corrected chi connectivity index (χ0v) is 15.4. The summed E-state index contributed by atoms with van der Waals surface area (Å²) in [5.74, 6) is -0.298. The molecule has 0 saturated heterocycles. The van der Waals surface area contributed by atoms with Crippen LogP contribution in [0.25, 0.3) is 0 Å². The Kier molecular flexibility index (Phi) is 6.59. The van der Waals surface area contributed by atoms with E-state index in [0.717, 1.165) is 16.7 Å². The Balaban J connectivity index is 2.06. The molecule has 0 fully saturated rings. The van der Waals surface area contributed by atoms with E-state index < -0.39 is 0 Å². The molecule has 132 valence electrons. The second-order valence-electron chi connectivity index (χ2n) is 6.21. The Bertz CT molecular complexity index is 744. The fraction of sp³-hybridized carbons (Fsp3) is 0.300. The van der Waals surface area contributed by atoms with Crippen LogP contribution in [0.3, 0.4) is 0 Å². The SMILES string of the molecule is CC(=O)NC(CC(=O)NC(C)c1cccc(Cl)c1)c1ccc(C)cc1. The molecule has 2 unspecified atom stereocenters. The summed E-state index contributed by atoms with van der Waals surface area (Å²) in [4.78, 5) is 23.9. The molecule has 2 amide bonds. The number of amides is 2. The normalized spacial score (nSPS) is 13.0. The van der Waals surface area contributed by atoms with Crippen LogP contribution in [0.15, 0.2) is 48.5 Å². The first-order chi connectivity index (χ1) is 11.8. The van der Waals surface area contributed by atoms with Gasteiger partial charge in [0.05, 0.1) is 18.5 Å². The van der Waals surface area contributed by atoms with Crippen LogP contribution in [0.1, 0.15) is 49.0 Å². The summed E-state index contributed by atoms with van der Waals surface area (Å²) in [7, 11) is 0. The lowest BCUT2D eigenvalue weighted by Crippen LogP contribution is -2.33. The molecule has 0 aliphatic rings. The van der Waals surface area contributed by atoms with Crippen molar-refractivity contribution in [3.63, 3.8) is 0 Å². The molecule has 2 atom stereocenters. The summed E-state index contributed by atoms with van der Waals surface area (Å²) >= 11 is 6.00. The van der Waals surface area contributed by atoms with Gasteiger partial charge in [0.15, 0.2) is 0 Å². The molecule has 5 heteroatoms. The molecule has 0 aliphatic heterocycles. The Labute approximate surface area is 153 Å². The zero-order chi connectivity index (χ0) is 18.4. The second-order valence-corrected chi connectivity index (χ2v) is 6.65. The summed E-state index contributed by atoms with van der Waals surface area (Å²) in [6, 6.07) is 14.7. The molecule has 2 rings (SSSR count). The van der Waals surface area contributed by atoms with Gasteiger partial charge < -0.3 is 10.6 Å². The third-order valence-corrected chi connectivity index (χ3v) is 4.21. The van der Waals surface area contributed by atoms with Crippen molar-refractivity contribution >= 4 is 23.4 Å². The molecule has 0 radical (unpaired) electrons. The van der Waals surface area contributed by atoms with E-state index in [9.17, 15) is 9.59 Å². The molecule has 0 aliphatic carbocycles. The summed E-state index contributed by atoms with van der Waals surface area (Å²) in [5, 5.41) is 6.44. The van der Waals surface area contributed by atoms with Crippen LogP contribution in [0.2, 0.25) is 5.02 Å². The number of carbonyl (C=O) groups excluding carboxylic acids is 2. The van der Waals surface area contributed by atoms with Gasteiger partial charge in [0.2, 0.25) is 11.8 Å². The number of nitrogens with one attached hydrogen (secondary N) is 2. The zero-order valence-electron chi connectivity index (χ0n) is 14.7. The minimum absolute atomic E-state index is 0.133. The largest absolute Gasteiger partial charge is 0.350 e. The molecular formula is C20H23ClN2O2. The first kappa shape index (κ1) is 19.0. The Hall–Kier alpha value is -2.33. The lowest BCUT2D eigenvalue weighted by molar-refractivity contribution is -0.123. The molecule has 0 bridgehead atoms. The molecule has 2 N–H and O–H groups in total. The van der Waals surface area contributed by atoms with Crippen molar-refractivity contribution in [2.45, 2.75) is 39.3 Å². The van der Waals surface area contributed by atoms with E-state index in [0.29, 0.717) is 5.02 Å². The fourth-order valence-corrected chi connectivity index (χ4v) is 2.84. The second kappa shape index (κ2) is 8.67. The number of halogens is 1. The molecule has 0 spiro atoms. The Morgan fingerprint density at radius 3 is 2.32 bits per heavy atom. The molecule has 25 heavy (non-hydrogen) atoms. The predicted molar refractivity (Wildman–Crippen MR) is 100 cm³/mol. The van der Waals surface area contributed by atoms with E-state index in [1.54, 1.807) is 6.07 Å². The topological polar surface area (TPSA) is 58.2 Å². The standard InChI is InChI=1S/C20H23ClN2O2/c1-13-7-9-16(10-8-13)19(23-15(3)24)12-20(25)22-14(2)17-5-4-6-18(21)11-17/h4-11,14,19H,12H2,1-3H3,(H,22,25)(H,23,24). The first-order valence-electron chi connectivity index (χ1n) is 8.23. The number of benzene rings is 2. The van der Waals surface area contributed by atoms with E-state index >= 15 is 0 Å². The molecular weight excluding hydrogens is 336 g/mol. The summed E-state index contributed by atoms with van der Waals surface area (Å²) in [6.45, 7) is 5.35. The Morgan fingerprint density at radius 1 is 1.04 bits per heavy atom. The van der Waals surface area contributed by atoms with Gasteiger partial charge in [-0.2, -0.15) is 0 Å². The van der Waals surface area contributed by atoms with Crippen LogP contribution in [0, 0.1) is 6.92 Å². The van der Waals surface area contributed by atoms with Crippen molar-refractivity contribution in [2.24, 2.45) is 0 Å². The average molecular weight is 359 g/mol. The highest BCUT2D eigenvalue weighted by Crippen LogP contribution is 2.20. The van der Waals surface area contributed by atoms with Gasteiger partial charge in [0.25, 0.3) is 0 Å². The third kappa shape index (κ3) is 5.91. The van der Waals surface area contributed by atoms with Gasteiger partial charge in [-0.3, -0.25) is 9.59 Å². The van der Waals surface area contributed by atoms with E-state index in [2.05, 4.69) is 10.6 Å². The van der Waals surface area contributed by atoms with Crippen LogP contribution in [0.4, 0.5) is 0 Å². The van der Waals surface area contributed by atoms with Crippen LogP contribution in [-0.2, 0) is 9.59 Å². The van der Waals surface area contributed by atoms with Crippen molar-refractivity contribution in [2.75, 3.05) is 0 Å². The van der Waals surface area contributed by atoms with Crippen molar-refractivity contribution in [3.05, 3.63) is 70.2 Å². The van der Waals surface area contributed by atoms with Crippen molar-refractivity contribution < 1.29 is 9.59 Å². The monoisotopic (exact) mass is 358 g/mol. The molecule has 0 aromatic heterocycles. The van der Waals surface area contributed by atoms with E-state index in [-0.39, 0.29) is 30.3 Å². The molecule has 0 saturated carbocycles. The lowest BCUT2D eigenvalue weighted by Gasteiger charge is -2.20. The van der Waals surface area contributed by atoms with Gasteiger partial charge in [-0.05, 0) is 37.1 Å². The number of carbonyl (C=O) groups is 2. The fourth-order valence-electron chi connectivity index (χ4n) is 2.64. The highest BCUT2D eigenvalue weighted by molar-refractivity contribution is 6.30. The highest BCUT2D eigenvalue weighted by Gasteiger charge is 2.18. The number of aryl methyl sites for hydroxylation is 1. The lowest BCUT2D eigenvalue weighted by atomic mass is 10.0. The summed E-state index contributed by atoms with van der Waals surface area (Å²) in [6.07, 6.45) is 0.174. The smallest absolute Gasteiger partial charge is 0.222 e. The average Bonchev–Trinajstić information content (AvgIpc) is 2.54. The van der Waals surface area contributed by atoms with Gasteiger partial charge in [-0.1, -0.05) is 53.6 Å². The van der Waals surface area contributed by atoms with Crippen LogP contribution < -0.4 is 10.6 Å². The van der Waals surface area contributed by atoms with Gasteiger partial charge in [-0.15, -0.1) is 0 Å². The summed E-state index contributed by atoms with van der Waals surface area (Å²) < 4.78 is 0. The predicted octanol–water partition coefficient (Wildman–Crippen LogP) is 4.09.